The van der Waals surface area contributed by atoms with E-state index in [1.165, 1.54) is 0 Å². The van der Waals surface area contributed by atoms with E-state index in [2.05, 4.69) is 19.4 Å². The number of aromatic nitrogens is 2. The lowest BCUT2D eigenvalue weighted by Crippen LogP contribution is -2.32. The van der Waals surface area contributed by atoms with Crippen LogP contribution in [-0.4, -0.2) is 39.7 Å². The number of hydrogen-bond acceptors (Lipinski definition) is 8. The fourth-order valence-corrected chi connectivity index (χ4v) is 3.39. The van der Waals surface area contributed by atoms with E-state index in [1.54, 1.807) is 42.5 Å². The van der Waals surface area contributed by atoms with Gasteiger partial charge in [-0.1, -0.05) is 24.3 Å². The lowest BCUT2D eigenvalue weighted by molar-refractivity contribution is -0.146. The molecule has 0 aliphatic rings. The number of carbonyl (C=O) groups excluding carboxylic acids is 3. The summed E-state index contributed by atoms with van der Waals surface area (Å²) in [7, 11) is 0. The largest absolute Gasteiger partial charge is 0.457 e. The highest BCUT2D eigenvalue weighted by atomic mass is 32.1. The molecule has 0 saturated carbocycles. The van der Waals surface area contributed by atoms with E-state index in [-0.39, 0.29) is 6.54 Å². The van der Waals surface area contributed by atoms with Crippen LogP contribution in [-0.2, 0) is 14.3 Å². The molecule has 0 spiro atoms. The normalized spacial score (nSPS) is 10.4. The van der Waals surface area contributed by atoms with Gasteiger partial charge in [-0.15, -0.1) is 0 Å². The molecule has 166 valence electrons. The zero-order valence-corrected chi connectivity index (χ0v) is 18.0. The number of nitrogens with zero attached hydrogens (tertiary/aromatic N) is 2. The minimum atomic E-state index is -0.740. The van der Waals surface area contributed by atoms with E-state index < -0.39 is 24.4 Å². The maximum absolute atomic E-state index is 12.2. The second-order valence-electron chi connectivity index (χ2n) is 6.77. The summed E-state index contributed by atoms with van der Waals surface area (Å²) in [5.41, 5.74) is 2.06. The van der Waals surface area contributed by atoms with Crippen LogP contribution in [0.15, 0.2) is 72.8 Å². The highest BCUT2D eigenvalue weighted by Crippen LogP contribution is 2.22. The molecule has 2 N–H and O–H groups in total. The van der Waals surface area contributed by atoms with Crippen LogP contribution < -0.4 is 15.4 Å². The van der Waals surface area contributed by atoms with Crippen molar-refractivity contribution in [3.05, 3.63) is 78.4 Å². The minimum absolute atomic E-state index is 0.353. The highest BCUT2D eigenvalue weighted by Gasteiger charge is 2.13. The van der Waals surface area contributed by atoms with Gasteiger partial charge in [-0.2, -0.15) is 8.75 Å². The number of hydrogen-bond donors (Lipinski definition) is 2. The SMILES string of the molecule is O=C(COC(=O)CNC(=O)c1ccc(Oc2ccccc2)cc1)Nc1cccc2nsnc12. The van der Waals surface area contributed by atoms with Gasteiger partial charge in [0.05, 0.1) is 17.4 Å². The van der Waals surface area contributed by atoms with Crippen molar-refractivity contribution >= 4 is 46.2 Å². The number of esters is 1. The molecule has 0 bridgehead atoms. The molecule has 1 aromatic heterocycles. The molecule has 0 unspecified atom stereocenters. The van der Waals surface area contributed by atoms with Crippen molar-refractivity contribution in [2.75, 3.05) is 18.5 Å². The standard InChI is InChI=1S/C23H18N4O5S/c28-20(25-18-7-4-8-19-22(18)27-33-26-19)14-31-21(29)13-24-23(30)15-9-11-17(12-10-15)32-16-5-2-1-3-6-16/h1-12H,13-14H2,(H,24,30)(H,25,28). The van der Waals surface area contributed by atoms with Crippen molar-refractivity contribution in [3.63, 3.8) is 0 Å². The Morgan fingerprint density at radius 3 is 2.39 bits per heavy atom. The van der Waals surface area contributed by atoms with Gasteiger partial charge in [0.1, 0.15) is 29.1 Å². The van der Waals surface area contributed by atoms with Crippen LogP contribution >= 0.6 is 11.7 Å². The number of fused-ring (bicyclic) bond motifs is 1. The van der Waals surface area contributed by atoms with Crippen LogP contribution in [0, 0.1) is 0 Å². The van der Waals surface area contributed by atoms with Crippen molar-refractivity contribution in [1.29, 1.82) is 0 Å². The second kappa shape index (κ2) is 10.3. The molecule has 0 aliphatic carbocycles. The highest BCUT2D eigenvalue weighted by molar-refractivity contribution is 7.00. The van der Waals surface area contributed by atoms with E-state index >= 15 is 0 Å². The van der Waals surface area contributed by atoms with Gasteiger partial charge in [0.2, 0.25) is 0 Å². The maximum atomic E-state index is 12.2. The molecule has 0 fully saturated rings. The molecule has 33 heavy (non-hydrogen) atoms. The number of para-hydroxylation sites is 1. The van der Waals surface area contributed by atoms with Gasteiger partial charge in [0.15, 0.2) is 6.61 Å². The first-order valence-electron chi connectivity index (χ1n) is 9.86. The second-order valence-corrected chi connectivity index (χ2v) is 7.30. The van der Waals surface area contributed by atoms with Crippen LogP contribution in [0.5, 0.6) is 11.5 Å². The summed E-state index contributed by atoms with van der Waals surface area (Å²) in [6.07, 6.45) is 0. The third-order valence-electron chi connectivity index (χ3n) is 4.41. The summed E-state index contributed by atoms with van der Waals surface area (Å²) < 4.78 is 18.8. The third kappa shape index (κ3) is 5.89. The number of rotatable bonds is 8. The molecule has 3 aromatic carbocycles. The average molecular weight is 462 g/mol. The zero-order valence-electron chi connectivity index (χ0n) is 17.2. The zero-order chi connectivity index (χ0) is 23.0. The number of carbonyl (C=O) groups is 3. The Bertz CT molecular complexity index is 1280. The Labute approximate surface area is 192 Å². The van der Waals surface area contributed by atoms with E-state index in [4.69, 9.17) is 9.47 Å². The maximum Gasteiger partial charge on any atom is 0.325 e. The summed E-state index contributed by atoms with van der Waals surface area (Å²) in [6.45, 7) is -0.867. The number of benzene rings is 3. The predicted molar refractivity (Wildman–Crippen MR) is 122 cm³/mol. The van der Waals surface area contributed by atoms with Gasteiger partial charge < -0.3 is 20.1 Å². The van der Waals surface area contributed by atoms with Gasteiger partial charge >= 0.3 is 5.97 Å². The summed E-state index contributed by atoms with van der Waals surface area (Å²) >= 11 is 1.04. The van der Waals surface area contributed by atoms with Gasteiger partial charge in [-0.25, -0.2) is 0 Å². The Balaban J connectivity index is 1.21. The first-order valence-corrected chi connectivity index (χ1v) is 10.6. The molecule has 4 rings (SSSR count). The first-order chi connectivity index (χ1) is 16.1. The van der Waals surface area contributed by atoms with Gasteiger partial charge in [0.25, 0.3) is 11.8 Å². The quantitative estimate of drug-likeness (QED) is 0.385. The van der Waals surface area contributed by atoms with Crippen LogP contribution in [0.1, 0.15) is 10.4 Å². The lowest BCUT2D eigenvalue weighted by Gasteiger charge is -2.09. The monoisotopic (exact) mass is 462 g/mol. The Hall–Kier alpha value is -4.31. The number of amides is 2. The van der Waals surface area contributed by atoms with Gasteiger partial charge in [-0.05, 0) is 48.5 Å². The Kier molecular flexibility index (Phi) is 6.86. The van der Waals surface area contributed by atoms with Crippen molar-refractivity contribution < 1.29 is 23.9 Å². The minimum Gasteiger partial charge on any atom is -0.457 e. The molecular weight excluding hydrogens is 444 g/mol. The smallest absolute Gasteiger partial charge is 0.325 e. The molecule has 2 amide bonds. The number of nitrogens with one attached hydrogen (secondary N) is 2. The summed E-state index contributed by atoms with van der Waals surface area (Å²) in [6, 6.07) is 20.9. The summed E-state index contributed by atoms with van der Waals surface area (Å²) in [4.78, 5) is 36.2. The first kappa shape index (κ1) is 21.9. The van der Waals surface area contributed by atoms with Crippen LogP contribution in [0.3, 0.4) is 0 Å². The predicted octanol–water partition coefficient (Wildman–Crippen LogP) is 3.40. The van der Waals surface area contributed by atoms with E-state index in [1.807, 2.05) is 30.3 Å². The van der Waals surface area contributed by atoms with E-state index in [0.717, 1.165) is 11.7 Å². The average Bonchev–Trinajstić information content (AvgIpc) is 3.32. The van der Waals surface area contributed by atoms with E-state index in [0.29, 0.717) is 33.8 Å². The molecule has 0 saturated heterocycles. The molecule has 0 aliphatic heterocycles. The van der Waals surface area contributed by atoms with Gasteiger partial charge in [-0.3, -0.25) is 14.4 Å². The van der Waals surface area contributed by atoms with Crippen molar-refractivity contribution in [1.82, 2.24) is 14.1 Å². The molecule has 0 radical (unpaired) electrons. The van der Waals surface area contributed by atoms with Gasteiger partial charge in [0, 0.05) is 5.56 Å². The summed E-state index contributed by atoms with van der Waals surface area (Å²) in [5, 5.41) is 5.09. The summed E-state index contributed by atoms with van der Waals surface area (Å²) in [5.74, 6) is -0.459. The van der Waals surface area contributed by atoms with Crippen molar-refractivity contribution in [3.8, 4) is 11.5 Å². The molecule has 1 heterocycles. The molecule has 0 atom stereocenters. The third-order valence-corrected chi connectivity index (χ3v) is 4.96. The van der Waals surface area contributed by atoms with Crippen molar-refractivity contribution in [2.24, 2.45) is 0 Å². The van der Waals surface area contributed by atoms with Crippen LogP contribution in [0.25, 0.3) is 11.0 Å². The molecule has 9 nitrogen and oxygen atoms in total. The fourth-order valence-electron chi connectivity index (χ4n) is 2.84. The topological polar surface area (TPSA) is 120 Å². The lowest BCUT2D eigenvalue weighted by atomic mass is 10.2. The molecule has 4 aromatic rings. The number of anilines is 1. The molecular formula is C23H18N4O5S. The number of ether oxygens (including phenoxy) is 2. The van der Waals surface area contributed by atoms with Crippen LogP contribution in [0.2, 0.25) is 0 Å². The van der Waals surface area contributed by atoms with E-state index in [9.17, 15) is 14.4 Å². The fraction of sp³-hybridized carbons (Fsp3) is 0.0870. The Morgan fingerprint density at radius 1 is 0.848 bits per heavy atom. The van der Waals surface area contributed by atoms with Crippen LogP contribution in [0.4, 0.5) is 5.69 Å². The Morgan fingerprint density at radius 2 is 1.61 bits per heavy atom. The molecule has 10 heteroatoms. The van der Waals surface area contributed by atoms with Crippen molar-refractivity contribution in [2.45, 2.75) is 0 Å².